The number of likely N-dealkylation sites (tertiary alicyclic amines) is 1. The highest BCUT2D eigenvalue weighted by atomic mass is 19.2. The van der Waals surface area contributed by atoms with Crippen molar-refractivity contribution < 1.29 is 28.2 Å². The lowest BCUT2D eigenvalue weighted by atomic mass is 9.85. The molecule has 184 valence electrons. The zero-order valence-corrected chi connectivity index (χ0v) is 19.6. The summed E-state index contributed by atoms with van der Waals surface area (Å²) in [7, 11) is 0. The van der Waals surface area contributed by atoms with Crippen LogP contribution in [0.5, 0.6) is 0 Å². The van der Waals surface area contributed by atoms with E-state index in [-0.39, 0.29) is 30.9 Å². The third-order valence-corrected chi connectivity index (χ3v) is 6.44. The number of nitrogens with zero attached hydrogens (tertiary/aromatic N) is 3. The van der Waals surface area contributed by atoms with Crippen LogP contribution in [0, 0.1) is 17.0 Å². The molecule has 1 aromatic carbocycles. The van der Waals surface area contributed by atoms with E-state index in [1.54, 1.807) is 4.90 Å². The zero-order chi connectivity index (χ0) is 24.6. The molecule has 8 nitrogen and oxygen atoms in total. The monoisotopic (exact) mass is 476 g/mol. The number of carbonyl (C=O) groups excluding carboxylic acids is 2. The number of nitrogens with one attached hydrogen (secondary N) is 1. The van der Waals surface area contributed by atoms with Crippen LogP contribution in [0.25, 0.3) is 5.69 Å². The van der Waals surface area contributed by atoms with E-state index in [4.69, 9.17) is 4.74 Å². The minimum absolute atomic E-state index is 0.0848. The largest absolute Gasteiger partial charge is 0.394 e. The number of halogens is 2. The Morgan fingerprint density at radius 3 is 2.74 bits per heavy atom. The van der Waals surface area contributed by atoms with E-state index in [2.05, 4.69) is 10.4 Å². The van der Waals surface area contributed by atoms with Crippen molar-refractivity contribution in [2.24, 2.45) is 5.41 Å². The lowest BCUT2D eigenvalue weighted by Crippen LogP contribution is -2.56. The van der Waals surface area contributed by atoms with Gasteiger partial charge in [0, 0.05) is 24.6 Å². The van der Waals surface area contributed by atoms with Gasteiger partial charge >= 0.3 is 0 Å². The fraction of sp³-hybridized carbons (Fsp3) is 0.542. The molecule has 3 heterocycles. The van der Waals surface area contributed by atoms with E-state index < -0.39 is 29.0 Å². The lowest BCUT2D eigenvalue weighted by Gasteiger charge is -2.35. The van der Waals surface area contributed by atoms with Crippen LogP contribution < -0.4 is 5.32 Å². The third kappa shape index (κ3) is 4.56. The Hall–Kier alpha value is -2.85. The van der Waals surface area contributed by atoms with E-state index in [9.17, 15) is 23.5 Å². The molecule has 2 atom stereocenters. The molecule has 10 heteroatoms. The second-order valence-electron chi connectivity index (χ2n) is 9.87. The predicted molar refractivity (Wildman–Crippen MR) is 119 cm³/mol. The second kappa shape index (κ2) is 9.42. The molecular weight excluding hydrogens is 446 g/mol. The summed E-state index contributed by atoms with van der Waals surface area (Å²) >= 11 is 0. The molecule has 2 aliphatic rings. The van der Waals surface area contributed by atoms with Gasteiger partial charge in [0.05, 0.1) is 37.2 Å². The number of fused-ring (bicyclic) bond motifs is 1. The maximum absolute atomic E-state index is 13.9. The van der Waals surface area contributed by atoms with Gasteiger partial charge in [-0.15, -0.1) is 0 Å². The van der Waals surface area contributed by atoms with Gasteiger partial charge in [-0.1, -0.05) is 20.8 Å². The summed E-state index contributed by atoms with van der Waals surface area (Å²) in [5, 5.41) is 16.9. The van der Waals surface area contributed by atoms with Crippen molar-refractivity contribution in [3.8, 4) is 5.69 Å². The SMILES string of the molecule is CC(C)(C)[C@H](NC(=O)c1nn(-c2ccc(F)c(F)c2)c2c1COCC2)C(=O)N1CCC[C@H]1CO. The average molecular weight is 477 g/mol. The molecule has 1 saturated heterocycles. The molecule has 34 heavy (non-hydrogen) atoms. The van der Waals surface area contributed by atoms with Gasteiger partial charge < -0.3 is 20.1 Å². The Morgan fingerprint density at radius 1 is 1.29 bits per heavy atom. The molecule has 2 amide bonds. The van der Waals surface area contributed by atoms with Crippen LogP contribution in [0.15, 0.2) is 18.2 Å². The second-order valence-corrected chi connectivity index (χ2v) is 9.87. The zero-order valence-electron chi connectivity index (χ0n) is 19.6. The first-order valence-corrected chi connectivity index (χ1v) is 11.5. The summed E-state index contributed by atoms with van der Waals surface area (Å²) < 4.78 is 34.3. The van der Waals surface area contributed by atoms with Crippen LogP contribution >= 0.6 is 0 Å². The summed E-state index contributed by atoms with van der Waals surface area (Å²) in [5.74, 6) is -2.78. The minimum Gasteiger partial charge on any atom is -0.394 e. The van der Waals surface area contributed by atoms with Crippen LogP contribution in [0.4, 0.5) is 8.78 Å². The highest BCUT2D eigenvalue weighted by Gasteiger charge is 2.40. The summed E-state index contributed by atoms with van der Waals surface area (Å²) in [6, 6.07) is 2.33. The molecule has 1 fully saturated rings. The van der Waals surface area contributed by atoms with Crippen LogP contribution in [0.3, 0.4) is 0 Å². The van der Waals surface area contributed by atoms with Gasteiger partial charge in [-0.2, -0.15) is 5.10 Å². The standard InChI is InChI=1S/C24H30F2N4O4/c1-24(2,3)21(23(33)29-9-4-5-15(29)12-31)27-22(32)20-16-13-34-10-8-19(16)30(28-20)14-6-7-17(25)18(26)11-14/h6-7,11,15,21,31H,4-5,8-10,12-13H2,1-3H3,(H,27,32)/t15-,21+/m0/s1. The van der Waals surface area contributed by atoms with Gasteiger partial charge in [-0.25, -0.2) is 13.5 Å². The molecule has 0 spiro atoms. The van der Waals surface area contributed by atoms with Crippen molar-refractivity contribution in [3.63, 3.8) is 0 Å². The molecule has 1 aromatic heterocycles. The molecule has 0 bridgehead atoms. The molecule has 2 N–H and O–H groups in total. The molecule has 2 aromatic rings. The fourth-order valence-corrected chi connectivity index (χ4v) is 4.58. The predicted octanol–water partition coefficient (Wildman–Crippen LogP) is 2.35. The number of aromatic nitrogens is 2. The first-order chi connectivity index (χ1) is 16.1. The van der Waals surface area contributed by atoms with Crippen LogP contribution in [-0.4, -0.2) is 63.4 Å². The number of ether oxygens (including phenoxy) is 1. The number of aliphatic hydroxyl groups is 1. The Kier molecular flexibility index (Phi) is 6.73. The van der Waals surface area contributed by atoms with Gasteiger partial charge in [0.1, 0.15) is 6.04 Å². The molecule has 0 saturated carbocycles. The minimum atomic E-state index is -1.01. The highest BCUT2D eigenvalue weighted by molar-refractivity contribution is 5.98. The smallest absolute Gasteiger partial charge is 0.272 e. The molecule has 2 aliphatic heterocycles. The van der Waals surface area contributed by atoms with Gasteiger partial charge in [0.15, 0.2) is 17.3 Å². The molecule has 0 unspecified atom stereocenters. The van der Waals surface area contributed by atoms with Crippen LogP contribution in [-0.2, 0) is 22.6 Å². The van der Waals surface area contributed by atoms with Crippen molar-refractivity contribution >= 4 is 11.8 Å². The van der Waals surface area contributed by atoms with Crippen molar-refractivity contribution in [1.82, 2.24) is 20.0 Å². The van der Waals surface area contributed by atoms with Crippen molar-refractivity contribution in [2.75, 3.05) is 19.8 Å². The van der Waals surface area contributed by atoms with Crippen molar-refractivity contribution in [3.05, 3.63) is 46.8 Å². The maximum atomic E-state index is 13.9. The molecule has 0 radical (unpaired) electrons. The van der Waals surface area contributed by atoms with Gasteiger partial charge in [0.2, 0.25) is 5.91 Å². The number of aliphatic hydroxyl groups excluding tert-OH is 1. The number of carbonyl (C=O) groups is 2. The fourth-order valence-electron chi connectivity index (χ4n) is 4.58. The number of hydrogen-bond donors (Lipinski definition) is 2. The van der Waals surface area contributed by atoms with Gasteiger partial charge in [0.25, 0.3) is 5.91 Å². The Bertz CT molecular complexity index is 1100. The summed E-state index contributed by atoms with van der Waals surface area (Å²) in [6.07, 6.45) is 1.96. The average Bonchev–Trinajstić information content (AvgIpc) is 3.43. The molecular formula is C24H30F2N4O4. The van der Waals surface area contributed by atoms with E-state index in [1.807, 2.05) is 20.8 Å². The Labute approximate surface area is 196 Å². The topological polar surface area (TPSA) is 96.7 Å². The maximum Gasteiger partial charge on any atom is 0.272 e. The summed E-state index contributed by atoms with van der Waals surface area (Å²) in [6.45, 7) is 6.54. The Morgan fingerprint density at radius 2 is 2.06 bits per heavy atom. The Balaban J connectivity index is 1.67. The van der Waals surface area contributed by atoms with E-state index in [1.165, 1.54) is 10.7 Å². The summed E-state index contributed by atoms with van der Waals surface area (Å²) in [5.41, 5.74) is 1.02. The first kappa shape index (κ1) is 24.3. The number of rotatable bonds is 5. The van der Waals surface area contributed by atoms with E-state index in [0.29, 0.717) is 36.5 Å². The first-order valence-electron chi connectivity index (χ1n) is 11.5. The molecule has 0 aliphatic carbocycles. The van der Waals surface area contributed by atoms with Crippen LogP contribution in [0.2, 0.25) is 0 Å². The van der Waals surface area contributed by atoms with E-state index >= 15 is 0 Å². The van der Waals surface area contributed by atoms with E-state index in [0.717, 1.165) is 25.0 Å². The molecule has 4 rings (SSSR count). The quantitative estimate of drug-likeness (QED) is 0.691. The normalized spacial score (nSPS) is 19.1. The van der Waals surface area contributed by atoms with Gasteiger partial charge in [-0.05, 0) is 30.4 Å². The highest BCUT2D eigenvalue weighted by Crippen LogP contribution is 2.28. The summed E-state index contributed by atoms with van der Waals surface area (Å²) in [4.78, 5) is 28.4. The van der Waals surface area contributed by atoms with Crippen molar-refractivity contribution in [2.45, 2.75) is 58.7 Å². The van der Waals surface area contributed by atoms with Crippen LogP contribution in [0.1, 0.15) is 55.4 Å². The lowest BCUT2D eigenvalue weighted by molar-refractivity contribution is -0.137. The van der Waals surface area contributed by atoms with Crippen molar-refractivity contribution in [1.29, 1.82) is 0 Å². The number of hydrogen-bond acceptors (Lipinski definition) is 5. The van der Waals surface area contributed by atoms with Gasteiger partial charge in [-0.3, -0.25) is 9.59 Å². The number of benzene rings is 1. The third-order valence-electron chi connectivity index (χ3n) is 6.44. The number of amides is 2.